The molecule has 1 aliphatic heterocycles. The van der Waals surface area contributed by atoms with Gasteiger partial charge in [0.1, 0.15) is 0 Å². The zero-order valence-electron chi connectivity index (χ0n) is 15.7. The Labute approximate surface area is 155 Å². The van der Waals surface area contributed by atoms with Gasteiger partial charge in [-0.1, -0.05) is 108 Å². The van der Waals surface area contributed by atoms with Crippen molar-refractivity contribution in [3.05, 3.63) is 71.8 Å². The Morgan fingerprint density at radius 3 is 1.68 bits per heavy atom. The van der Waals surface area contributed by atoms with E-state index in [1.54, 1.807) is 11.1 Å². The minimum atomic E-state index is 0.0510. The second kappa shape index (κ2) is 10.1. The average Bonchev–Trinajstić information content (AvgIpc) is 3.10. The second-order valence-corrected chi connectivity index (χ2v) is 10.2. The molecule has 0 amide bonds. The highest BCUT2D eigenvalue weighted by Crippen LogP contribution is 2.70. The molecule has 0 aliphatic carbocycles. The molecule has 0 saturated carbocycles. The van der Waals surface area contributed by atoms with E-state index in [9.17, 15) is 0 Å². The largest absolute Gasteiger partial charge is 0.0913 e. The molecule has 2 aromatic rings. The summed E-state index contributed by atoms with van der Waals surface area (Å²) in [6.45, 7) is 2.30. The first-order chi connectivity index (χ1) is 12.4. The van der Waals surface area contributed by atoms with Gasteiger partial charge in [-0.2, -0.15) is 0 Å². The van der Waals surface area contributed by atoms with Crippen LogP contribution in [0, 0.1) is 0 Å². The van der Waals surface area contributed by atoms with Crippen molar-refractivity contribution < 1.29 is 0 Å². The zero-order chi connectivity index (χ0) is 17.3. The van der Waals surface area contributed by atoms with Gasteiger partial charge in [-0.05, 0) is 36.6 Å². The summed E-state index contributed by atoms with van der Waals surface area (Å²) in [4.78, 5) is 0. The standard InChI is InChI=1S/C24H33P/c1-2-3-4-5-6-13-20-25-23(21-14-9-7-10-15-21)18-19-24(25)22-16-11-8-12-17-22/h7-12,14-17,23-24H,2-6,13,18-20H2,1H3. The summed E-state index contributed by atoms with van der Waals surface area (Å²) in [6.07, 6.45) is 12.7. The maximum atomic E-state index is 2.37. The Kier molecular flexibility index (Phi) is 7.55. The van der Waals surface area contributed by atoms with Gasteiger partial charge in [0.05, 0.1) is 0 Å². The van der Waals surface area contributed by atoms with Gasteiger partial charge in [-0.15, -0.1) is 0 Å². The smallest absolute Gasteiger partial charge is 0.00476 e. The van der Waals surface area contributed by atoms with Crippen LogP contribution in [0.3, 0.4) is 0 Å². The van der Waals surface area contributed by atoms with Crippen molar-refractivity contribution in [2.75, 3.05) is 6.16 Å². The first kappa shape index (κ1) is 18.7. The van der Waals surface area contributed by atoms with E-state index < -0.39 is 0 Å². The molecule has 0 aromatic heterocycles. The minimum absolute atomic E-state index is 0.0510. The fraction of sp³-hybridized carbons (Fsp3) is 0.500. The molecule has 1 fully saturated rings. The average molecular weight is 353 g/mol. The molecule has 2 aromatic carbocycles. The molecule has 0 radical (unpaired) electrons. The van der Waals surface area contributed by atoms with E-state index in [0.29, 0.717) is 0 Å². The molecular weight excluding hydrogens is 319 g/mol. The van der Waals surface area contributed by atoms with Crippen LogP contribution < -0.4 is 0 Å². The van der Waals surface area contributed by atoms with Crippen LogP contribution in [0.4, 0.5) is 0 Å². The third kappa shape index (κ3) is 5.18. The van der Waals surface area contributed by atoms with Gasteiger partial charge >= 0.3 is 0 Å². The highest BCUT2D eigenvalue weighted by atomic mass is 31.1. The lowest BCUT2D eigenvalue weighted by atomic mass is 10.0. The summed E-state index contributed by atoms with van der Waals surface area (Å²) >= 11 is 0. The quantitative estimate of drug-likeness (QED) is 0.316. The molecule has 2 unspecified atom stereocenters. The van der Waals surface area contributed by atoms with Gasteiger partial charge in [0.2, 0.25) is 0 Å². The second-order valence-electron chi connectivity index (χ2n) is 7.44. The van der Waals surface area contributed by atoms with Crippen LogP contribution in [0.2, 0.25) is 0 Å². The lowest BCUT2D eigenvalue weighted by Gasteiger charge is -2.27. The van der Waals surface area contributed by atoms with Gasteiger partial charge in [-0.25, -0.2) is 0 Å². The topological polar surface area (TPSA) is 0 Å². The van der Waals surface area contributed by atoms with E-state index in [1.807, 2.05) is 0 Å². The molecule has 1 heterocycles. The summed E-state index contributed by atoms with van der Waals surface area (Å²) in [5, 5.41) is 0. The predicted molar refractivity (Wildman–Crippen MR) is 113 cm³/mol. The summed E-state index contributed by atoms with van der Waals surface area (Å²) in [5.74, 6) is 0. The molecule has 0 nitrogen and oxygen atoms in total. The van der Waals surface area contributed by atoms with E-state index in [4.69, 9.17) is 0 Å². The molecule has 0 N–H and O–H groups in total. The monoisotopic (exact) mass is 352 g/mol. The fourth-order valence-corrected chi connectivity index (χ4v) is 8.04. The number of benzene rings is 2. The molecule has 134 valence electrons. The first-order valence-corrected chi connectivity index (χ1v) is 11.9. The van der Waals surface area contributed by atoms with Crippen LogP contribution in [0.25, 0.3) is 0 Å². The van der Waals surface area contributed by atoms with Crippen LogP contribution in [0.1, 0.15) is 80.7 Å². The summed E-state index contributed by atoms with van der Waals surface area (Å²) < 4.78 is 0. The Hall–Kier alpha value is -1.13. The predicted octanol–water partition coefficient (Wildman–Crippen LogP) is 8.11. The van der Waals surface area contributed by atoms with Crippen LogP contribution in [-0.2, 0) is 0 Å². The van der Waals surface area contributed by atoms with Gasteiger partial charge < -0.3 is 0 Å². The fourth-order valence-electron chi connectivity index (χ4n) is 4.32. The van der Waals surface area contributed by atoms with Gasteiger partial charge in [-0.3, -0.25) is 0 Å². The molecular formula is C24H33P. The number of hydrogen-bond acceptors (Lipinski definition) is 0. The van der Waals surface area contributed by atoms with Gasteiger partial charge in [0.25, 0.3) is 0 Å². The van der Waals surface area contributed by atoms with Crippen LogP contribution in [0.15, 0.2) is 60.7 Å². The van der Waals surface area contributed by atoms with E-state index in [1.165, 1.54) is 57.5 Å². The van der Waals surface area contributed by atoms with Crippen molar-refractivity contribution in [2.24, 2.45) is 0 Å². The van der Waals surface area contributed by atoms with Crippen LogP contribution in [0.5, 0.6) is 0 Å². The summed E-state index contributed by atoms with van der Waals surface area (Å²) in [5.41, 5.74) is 4.82. The van der Waals surface area contributed by atoms with E-state index in [0.717, 1.165) is 11.3 Å². The zero-order valence-corrected chi connectivity index (χ0v) is 16.6. The van der Waals surface area contributed by atoms with Crippen LogP contribution in [-0.4, -0.2) is 6.16 Å². The Morgan fingerprint density at radius 1 is 0.680 bits per heavy atom. The van der Waals surface area contributed by atoms with Crippen molar-refractivity contribution in [1.82, 2.24) is 0 Å². The third-order valence-corrected chi connectivity index (χ3v) is 9.20. The minimum Gasteiger partial charge on any atom is -0.0913 e. The molecule has 1 aliphatic rings. The van der Waals surface area contributed by atoms with E-state index in [-0.39, 0.29) is 7.92 Å². The first-order valence-electron chi connectivity index (χ1n) is 10.3. The Morgan fingerprint density at radius 2 is 1.16 bits per heavy atom. The molecule has 0 spiro atoms. The summed E-state index contributed by atoms with van der Waals surface area (Å²) in [6, 6.07) is 22.7. The van der Waals surface area contributed by atoms with Crippen LogP contribution >= 0.6 is 7.92 Å². The molecule has 1 heteroatoms. The molecule has 3 rings (SSSR count). The normalized spacial score (nSPS) is 23.0. The van der Waals surface area contributed by atoms with E-state index >= 15 is 0 Å². The highest BCUT2D eigenvalue weighted by Gasteiger charge is 2.36. The van der Waals surface area contributed by atoms with Gasteiger partial charge in [0, 0.05) is 11.3 Å². The van der Waals surface area contributed by atoms with Crippen molar-refractivity contribution in [3.8, 4) is 0 Å². The number of hydrogen-bond donors (Lipinski definition) is 0. The lowest BCUT2D eigenvalue weighted by molar-refractivity contribution is 0.625. The Bertz CT molecular complexity index is 545. The molecule has 1 saturated heterocycles. The van der Waals surface area contributed by atoms with Gasteiger partial charge in [0.15, 0.2) is 0 Å². The molecule has 0 bridgehead atoms. The maximum absolute atomic E-state index is 2.37. The van der Waals surface area contributed by atoms with E-state index in [2.05, 4.69) is 67.6 Å². The summed E-state index contributed by atoms with van der Waals surface area (Å²) in [7, 11) is 0.0510. The highest BCUT2D eigenvalue weighted by molar-refractivity contribution is 7.58. The van der Waals surface area contributed by atoms with Crippen molar-refractivity contribution >= 4 is 7.92 Å². The number of unbranched alkanes of at least 4 members (excludes halogenated alkanes) is 5. The van der Waals surface area contributed by atoms with Crippen molar-refractivity contribution in [3.63, 3.8) is 0 Å². The SMILES string of the molecule is CCCCCCCCP1C(c2ccccc2)CCC1c1ccccc1. The molecule has 25 heavy (non-hydrogen) atoms. The molecule has 2 atom stereocenters. The maximum Gasteiger partial charge on any atom is 0.00476 e. The van der Waals surface area contributed by atoms with Crippen molar-refractivity contribution in [1.29, 1.82) is 0 Å². The lowest BCUT2D eigenvalue weighted by Crippen LogP contribution is -1.98. The number of rotatable bonds is 9. The Balaban J connectivity index is 1.66. The van der Waals surface area contributed by atoms with Crippen molar-refractivity contribution in [2.45, 2.75) is 69.6 Å². The third-order valence-electron chi connectivity index (χ3n) is 5.65.